The predicted molar refractivity (Wildman–Crippen MR) is 163 cm³/mol. The van der Waals surface area contributed by atoms with Gasteiger partial charge in [-0.25, -0.2) is 0 Å². The zero-order valence-corrected chi connectivity index (χ0v) is 25.9. The van der Waals surface area contributed by atoms with Gasteiger partial charge < -0.3 is 25.9 Å². The van der Waals surface area contributed by atoms with Gasteiger partial charge in [0.15, 0.2) is 0 Å². The van der Waals surface area contributed by atoms with Crippen LogP contribution < -0.4 is 0 Å². The fourth-order valence-corrected chi connectivity index (χ4v) is 3.27. The number of hydrogen-bond acceptors (Lipinski definition) is 8. The zero-order valence-electron chi connectivity index (χ0n) is 23.0. The van der Waals surface area contributed by atoms with Crippen LogP contribution in [-0.4, -0.2) is 71.5 Å². The molecule has 0 saturated heterocycles. The molecule has 43 heavy (non-hydrogen) atoms. The van der Waals surface area contributed by atoms with E-state index in [-0.39, 0.29) is 73.2 Å². The number of aliphatic imine (C=N–C) groups is 4. The Morgan fingerprint density at radius 2 is 0.558 bits per heavy atom. The molecule has 0 spiro atoms. The molecule has 4 aromatic carbocycles. The minimum atomic E-state index is 0. The minimum absolute atomic E-state index is 0. The first-order chi connectivity index (χ1) is 19.5. The molecule has 9 nitrogen and oxygen atoms in total. The summed E-state index contributed by atoms with van der Waals surface area (Å²) in [6, 6.07) is 28.1. The largest absolute Gasteiger partial charge is 2.00 e. The second-order valence-electron chi connectivity index (χ2n) is 8.38. The van der Waals surface area contributed by atoms with Gasteiger partial charge in [-0.1, -0.05) is 48.5 Å². The molecule has 11 heteroatoms. The zero-order chi connectivity index (χ0) is 28.4. The van der Waals surface area contributed by atoms with Gasteiger partial charge in [0.2, 0.25) is 0 Å². The Bertz CT molecular complexity index is 1260. The van der Waals surface area contributed by atoms with Crippen molar-refractivity contribution in [2.24, 2.45) is 20.0 Å². The fraction of sp³-hybridized carbons (Fsp3) is 0.125. The normalized spacial score (nSPS) is 10.6. The first-order valence-electron chi connectivity index (χ1n) is 12.7. The molecule has 4 rings (SSSR count). The number of para-hydroxylation sites is 4. The van der Waals surface area contributed by atoms with Crippen LogP contribution in [0, 0.1) is 0 Å². The van der Waals surface area contributed by atoms with E-state index in [4.69, 9.17) is 0 Å². The third-order valence-electron chi connectivity index (χ3n) is 5.38. The summed E-state index contributed by atoms with van der Waals surface area (Å²) in [6.45, 7) is 2.10. The molecule has 4 aromatic rings. The quantitative estimate of drug-likeness (QED) is 0.100. The maximum absolute atomic E-state index is 9.54. The molecular weight excluding hydrogens is 736 g/mol. The fourth-order valence-electron chi connectivity index (χ4n) is 3.27. The number of phenols is 4. The van der Waals surface area contributed by atoms with Crippen molar-refractivity contribution in [3.05, 3.63) is 119 Å². The smallest absolute Gasteiger partial charge is 1.00 e. The van der Waals surface area contributed by atoms with Gasteiger partial charge in [-0.05, 0) is 48.5 Å². The molecule has 232 valence electrons. The molecule has 0 unspecified atom stereocenters. The van der Waals surface area contributed by atoms with Gasteiger partial charge in [-0.15, -0.1) is 0 Å². The van der Waals surface area contributed by atoms with Crippen LogP contribution in [-0.2, 0) is 50.2 Å². The van der Waals surface area contributed by atoms with Crippen LogP contribution in [0.15, 0.2) is 117 Å². The molecule has 0 bridgehead atoms. The molecule has 4 N–H and O–H groups in total. The molecule has 0 aromatic heterocycles. The summed E-state index contributed by atoms with van der Waals surface area (Å²) < 4.78 is 0. The molecule has 0 aliphatic heterocycles. The Labute approximate surface area is 282 Å². The van der Waals surface area contributed by atoms with Crippen molar-refractivity contribution in [2.75, 3.05) is 26.2 Å². The van der Waals surface area contributed by atoms with Crippen LogP contribution in [0.25, 0.3) is 0 Å². The maximum Gasteiger partial charge on any atom is 1.00 e. The summed E-state index contributed by atoms with van der Waals surface area (Å²) in [4.78, 5) is 16.8. The Morgan fingerprint density at radius 1 is 0.372 bits per heavy atom. The standard InChI is InChI=1S/2C16H16N2O2.2Ag.O/c2*19-15-7-3-1-5-13(15)11-17-9-10-18-12-14-6-2-4-8-16(14)20;;;/h2*1-8,11-12,19-20H,9-10H2;;;/q;;2*+1;-2. The van der Waals surface area contributed by atoms with Crippen LogP contribution in [0.2, 0.25) is 0 Å². The van der Waals surface area contributed by atoms with Gasteiger partial charge in [-0.2, -0.15) is 0 Å². The maximum atomic E-state index is 9.54. The number of benzene rings is 4. The van der Waals surface area contributed by atoms with E-state index < -0.39 is 0 Å². The van der Waals surface area contributed by atoms with Gasteiger partial charge in [0.05, 0.1) is 26.2 Å². The topological polar surface area (TPSA) is 159 Å². The molecule has 0 atom stereocenters. The van der Waals surface area contributed by atoms with Gasteiger partial charge in [-0.3, -0.25) is 20.0 Å². The van der Waals surface area contributed by atoms with E-state index in [0.29, 0.717) is 48.4 Å². The Hall–Kier alpha value is -3.80. The summed E-state index contributed by atoms with van der Waals surface area (Å²) in [6.07, 6.45) is 6.52. The van der Waals surface area contributed by atoms with Crippen LogP contribution in [0.1, 0.15) is 22.3 Å². The van der Waals surface area contributed by atoms with Crippen molar-refractivity contribution in [3.63, 3.8) is 0 Å². The molecule has 0 radical (unpaired) electrons. The van der Waals surface area contributed by atoms with Crippen LogP contribution in [0.3, 0.4) is 0 Å². The monoisotopic (exact) mass is 766 g/mol. The summed E-state index contributed by atoms with van der Waals surface area (Å²) >= 11 is 0. The van der Waals surface area contributed by atoms with Gasteiger partial charge in [0.1, 0.15) is 23.0 Å². The summed E-state index contributed by atoms with van der Waals surface area (Å²) in [5.41, 5.74) is 2.77. The van der Waals surface area contributed by atoms with E-state index in [1.807, 2.05) is 24.3 Å². The third-order valence-corrected chi connectivity index (χ3v) is 5.38. The van der Waals surface area contributed by atoms with Crippen molar-refractivity contribution >= 4 is 24.9 Å². The molecule has 0 aliphatic rings. The van der Waals surface area contributed by atoms with E-state index in [2.05, 4.69) is 20.0 Å². The molecular formula is C32H32Ag2N4O5. The van der Waals surface area contributed by atoms with Crippen molar-refractivity contribution in [1.82, 2.24) is 0 Å². The van der Waals surface area contributed by atoms with Crippen LogP contribution >= 0.6 is 0 Å². The van der Waals surface area contributed by atoms with Crippen molar-refractivity contribution in [1.29, 1.82) is 0 Å². The summed E-state index contributed by atoms with van der Waals surface area (Å²) in [5.74, 6) is 0.867. The third kappa shape index (κ3) is 14.8. The van der Waals surface area contributed by atoms with Crippen molar-refractivity contribution in [2.45, 2.75) is 0 Å². The van der Waals surface area contributed by atoms with Crippen molar-refractivity contribution in [3.8, 4) is 23.0 Å². The number of hydrogen-bond donors (Lipinski definition) is 4. The molecule has 0 aliphatic carbocycles. The number of aromatic hydroxyl groups is 4. The molecule has 0 saturated carbocycles. The van der Waals surface area contributed by atoms with E-state index in [1.54, 1.807) is 97.7 Å². The summed E-state index contributed by atoms with van der Waals surface area (Å²) in [7, 11) is 0. The average Bonchev–Trinajstić information content (AvgIpc) is 2.96. The van der Waals surface area contributed by atoms with Gasteiger partial charge in [0, 0.05) is 47.1 Å². The Kier molecular flexibility index (Phi) is 20.7. The van der Waals surface area contributed by atoms with Crippen molar-refractivity contribution < 1.29 is 70.7 Å². The van der Waals surface area contributed by atoms with E-state index in [1.165, 1.54) is 0 Å². The predicted octanol–water partition coefficient (Wildman–Crippen LogP) is 5.15. The van der Waals surface area contributed by atoms with E-state index in [9.17, 15) is 20.4 Å². The Balaban J connectivity index is 0.000000767. The Morgan fingerprint density at radius 3 is 0.744 bits per heavy atom. The SMILES string of the molecule is Oc1ccccc1C=NCCN=Cc1ccccc1O.Oc1ccccc1C=NCCN=Cc1ccccc1O.[Ag+].[Ag+].[O-2]. The van der Waals surface area contributed by atoms with E-state index in [0.717, 1.165) is 0 Å². The summed E-state index contributed by atoms with van der Waals surface area (Å²) in [5, 5.41) is 38.2. The number of phenolic OH excluding ortho intramolecular Hbond substituents is 4. The van der Waals surface area contributed by atoms with Crippen LogP contribution in [0.4, 0.5) is 0 Å². The number of nitrogens with zero attached hydrogens (tertiary/aromatic N) is 4. The second kappa shape index (κ2) is 22.8. The second-order valence-corrected chi connectivity index (χ2v) is 8.38. The van der Waals surface area contributed by atoms with E-state index >= 15 is 0 Å². The molecule has 0 amide bonds. The van der Waals surface area contributed by atoms with Crippen LogP contribution in [0.5, 0.6) is 23.0 Å². The first kappa shape index (κ1) is 39.2. The number of rotatable bonds is 10. The van der Waals surface area contributed by atoms with Gasteiger partial charge in [0.25, 0.3) is 0 Å². The molecule has 0 heterocycles. The van der Waals surface area contributed by atoms with Gasteiger partial charge >= 0.3 is 44.8 Å². The first-order valence-corrected chi connectivity index (χ1v) is 12.7. The average molecular weight is 768 g/mol. The molecule has 0 fully saturated rings. The minimum Gasteiger partial charge on any atom is -2.00 e.